The number of imidazole rings is 4. The van der Waals surface area contributed by atoms with Crippen LogP contribution in [0.2, 0.25) is 0 Å². The van der Waals surface area contributed by atoms with Crippen LogP contribution >= 0.6 is 0 Å². The molecule has 318 valence electrons. The number of hydrogen-bond donors (Lipinski definition) is 0. The third-order valence-corrected chi connectivity index (χ3v) is 12.5. The molecule has 68 heavy (non-hydrogen) atoms. The monoisotopic (exact) mass is 874 g/mol. The summed E-state index contributed by atoms with van der Waals surface area (Å²) in [6.45, 7) is 0. The van der Waals surface area contributed by atoms with E-state index < -0.39 is 0 Å². The van der Waals surface area contributed by atoms with Crippen molar-refractivity contribution in [3.63, 3.8) is 0 Å². The van der Waals surface area contributed by atoms with Gasteiger partial charge >= 0.3 is 0 Å². The lowest BCUT2D eigenvalue weighted by molar-refractivity contribution is 0.936. The van der Waals surface area contributed by atoms with Gasteiger partial charge in [-0.05, 0) is 59.7 Å². The quantitative estimate of drug-likeness (QED) is 0.155. The van der Waals surface area contributed by atoms with Crippen LogP contribution in [0.1, 0.15) is 0 Å². The minimum Gasteiger partial charge on any atom is -0.276 e. The molecule has 6 aromatic heterocycles. The van der Waals surface area contributed by atoms with Gasteiger partial charge in [-0.25, -0.2) is 29.1 Å². The number of nitrogens with zero attached hydrogens (tertiary/aromatic N) is 12. The molecule has 0 N–H and O–H groups in total. The standard InChI is InChI=1S/C56H34N12/c1-5-17-35(18-6-1)49-59-50(36-19-7-2-8-20-36)62-53(61-49)67-45-27-15-13-25-43(45)65-47-33-39(29-31-41(47)57-55(65)67)40-30-32-42-48(34-40)66-44-26-14-16-28-46(44)68(56(66)58-42)54-63-51(37-21-9-3-10-22-37)60-52(64-54)38-23-11-4-12-24-38/h1-34H. The lowest BCUT2D eigenvalue weighted by Gasteiger charge is -2.09. The van der Waals surface area contributed by atoms with Crippen LogP contribution < -0.4 is 0 Å². The van der Waals surface area contributed by atoms with Gasteiger partial charge in [0.25, 0.3) is 0 Å². The summed E-state index contributed by atoms with van der Waals surface area (Å²) in [6.07, 6.45) is 0. The number of rotatable bonds is 7. The number of fused-ring (bicyclic) bond motifs is 10. The van der Waals surface area contributed by atoms with Gasteiger partial charge < -0.3 is 0 Å². The van der Waals surface area contributed by atoms with Crippen LogP contribution in [0.5, 0.6) is 0 Å². The average molecular weight is 875 g/mol. The van der Waals surface area contributed by atoms with Gasteiger partial charge in [0.1, 0.15) is 0 Å². The highest BCUT2D eigenvalue weighted by atomic mass is 15.3. The Morgan fingerprint density at radius 1 is 0.235 bits per heavy atom. The van der Waals surface area contributed by atoms with Gasteiger partial charge in [-0.15, -0.1) is 0 Å². The maximum atomic E-state index is 5.26. The Morgan fingerprint density at radius 3 is 0.882 bits per heavy atom. The van der Waals surface area contributed by atoms with Crippen LogP contribution in [-0.4, -0.2) is 57.8 Å². The van der Waals surface area contributed by atoms with Gasteiger partial charge in [-0.2, -0.15) is 19.9 Å². The molecule has 0 spiro atoms. The van der Waals surface area contributed by atoms with Gasteiger partial charge in [0.05, 0.1) is 44.1 Å². The van der Waals surface area contributed by atoms with E-state index in [2.05, 4.69) is 81.6 Å². The van der Waals surface area contributed by atoms with Crippen LogP contribution in [0, 0.1) is 0 Å². The Labute approximate surface area is 386 Å². The van der Waals surface area contributed by atoms with Crippen molar-refractivity contribution in [1.29, 1.82) is 0 Å². The van der Waals surface area contributed by atoms with Crippen molar-refractivity contribution in [2.24, 2.45) is 0 Å². The summed E-state index contributed by atoms with van der Waals surface area (Å²) in [5.74, 6) is 4.70. The second-order valence-electron chi connectivity index (χ2n) is 16.6. The third-order valence-electron chi connectivity index (χ3n) is 12.5. The summed E-state index contributed by atoms with van der Waals surface area (Å²) in [4.78, 5) is 40.8. The minimum atomic E-state index is 0.485. The lowest BCUT2D eigenvalue weighted by Crippen LogP contribution is -2.06. The van der Waals surface area contributed by atoms with E-state index in [1.807, 2.05) is 143 Å². The predicted octanol–water partition coefficient (Wildman–Crippen LogP) is 11.9. The molecule has 0 unspecified atom stereocenters. The Morgan fingerprint density at radius 2 is 0.544 bits per heavy atom. The summed E-state index contributed by atoms with van der Waals surface area (Å²) in [7, 11) is 0. The van der Waals surface area contributed by atoms with Gasteiger partial charge in [0.2, 0.25) is 23.5 Å². The Hall–Kier alpha value is -9.68. The first-order valence-electron chi connectivity index (χ1n) is 22.3. The first kappa shape index (κ1) is 37.7. The first-order valence-corrected chi connectivity index (χ1v) is 22.3. The second kappa shape index (κ2) is 14.9. The van der Waals surface area contributed by atoms with Crippen molar-refractivity contribution < 1.29 is 0 Å². The van der Waals surface area contributed by atoms with Crippen molar-refractivity contribution in [3.8, 4) is 68.6 Å². The second-order valence-corrected chi connectivity index (χ2v) is 16.6. The molecule has 14 aromatic rings. The molecule has 0 aliphatic heterocycles. The van der Waals surface area contributed by atoms with Crippen LogP contribution in [-0.2, 0) is 0 Å². The minimum absolute atomic E-state index is 0.485. The van der Waals surface area contributed by atoms with Gasteiger partial charge in [-0.1, -0.05) is 158 Å². The predicted molar refractivity (Wildman–Crippen MR) is 267 cm³/mol. The number of para-hydroxylation sites is 4. The summed E-state index contributed by atoms with van der Waals surface area (Å²) in [5.41, 5.74) is 13.1. The van der Waals surface area contributed by atoms with E-state index in [4.69, 9.17) is 39.9 Å². The molecule has 6 heterocycles. The molecule has 8 aromatic carbocycles. The largest absolute Gasteiger partial charge is 0.276 e. The fourth-order valence-electron chi connectivity index (χ4n) is 9.35. The third kappa shape index (κ3) is 5.94. The van der Waals surface area contributed by atoms with Crippen LogP contribution in [0.4, 0.5) is 0 Å². The van der Waals surface area contributed by atoms with Crippen LogP contribution in [0.25, 0.3) is 124 Å². The molecular formula is C56H34N12. The fraction of sp³-hybridized carbons (Fsp3) is 0. The summed E-state index contributed by atoms with van der Waals surface area (Å²) in [6, 6.07) is 69.6. The zero-order chi connectivity index (χ0) is 44.7. The van der Waals surface area contributed by atoms with Crippen LogP contribution in [0.3, 0.4) is 0 Å². The molecule has 12 nitrogen and oxygen atoms in total. The molecule has 0 saturated heterocycles. The molecule has 12 heteroatoms. The van der Waals surface area contributed by atoms with E-state index >= 15 is 0 Å². The molecular weight excluding hydrogens is 841 g/mol. The molecule has 0 bridgehead atoms. The molecule has 0 radical (unpaired) electrons. The van der Waals surface area contributed by atoms with Crippen molar-refractivity contribution >= 4 is 55.7 Å². The summed E-state index contributed by atoms with van der Waals surface area (Å²) >= 11 is 0. The number of benzene rings is 8. The maximum absolute atomic E-state index is 5.26. The summed E-state index contributed by atoms with van der Waals surface area (Å²) < 4.78 is 8.48. The molecule has 0 aliphatic rings. The number of hydrogen-bond acceptors (Lipinski definition) is 8. The molecule has 14 rings (SSSR count). The smallest absolute Gasteiger partial charge is 0.241 e. The normalized spacial score (nSPS) is 11.8. The average Bonchev–Trinajstić information content (AvgIpc) is 4.15. The maximum Gasteiger partial charge on any atom is 0.241 e. The highest BCUT2D eigenvalue weighted by molar-refractivity contribution is 5.96. The first-order chi connectivity index (χ1) is 33.7. The van der Waals surface area contributed by atoms with Crippen molar-refractivity contribution in [2.45, 2.75) is 0 Å². The molecule has 0 atom stereocenters. The van der Waals surface area contributed by atoms with Crippen molar-refractivity contribution in [3.05, 3.63) is 206 Å². The highest BCUT2D eigenvalue weighted by Crippen LogP contribution is 2.35. The highest BCUT2D eigenvalue weighted by Gasteiger charge is 2.24. The lowest BCUT2D eigenvalue weighted by atomic mass is 10.0. The van der Waals surface area contributed by atoms with Gasteiger partial charge in [0, 0.05) is 22.3 Å². The number of aromatic nitrogens is 12. The van der Waals surface area contributed by atoms with E-state index in [9.17, 15) is 0 Å². The van der Waals surface area contributed by atoms with Gasteiger partial charge in [0.15, 0.2) is 23.3 Å². The molecule has 0 saturated carbocycles. The van der Waals surface area contributed by atoms with E-state index in [0.29, 0.717) is 46.7 Å². The van der Waals surface area contributed by atoms with E-state index in [-0.39, 0.29) is 0 Å². The topological polar surface area (TPSA) is 122 Å². The zero-order valence-electron chi connectivity index (χ0n) is 36.0. The SMILES string of the molecule is c1ccc(-c2nc(-c3ccccc3)nc(-n3c4ccccc4n4c5cc(-c6ccc7nc8n(-c9nc(-c%10ccccc%10)nc(-c%10ccccc%10)n9)c9ccccc9n8c7c6)ccc5nc34)n2)cc1. The van der Waals surface area contributed by atoms with E-state index in [1.54, 1.807) is 0 Å². The van der Waals surface area contributed by atoms with Gasteiger partial charge in [-0.3, -0.25) is 8.80 Å². The van der Waals surface area contributed by atoms with E-state index in [0.717, 1.165) is 77.5 Å². The van der Waals surface area contributed by atoms with E-state index in [1.165, 1.54) is 0 Å². The zero-order valence-corrected chi connectivity index (χ0v) is 36.0. The fourth-order valence-corrected chi connectivity index (χ4v) is 9.35. The Balaban J connectivity index is 0.940. The molecule has 0 fully saturated rings. The van der Waals surface area contributed by atoms with Crippen molar-refractivity contribution in [2.75, 3.05) is 0 Å². The Bertz CT molecular complexity index is 3860. The summed E-state index contributed by atoms with van der Waals surface area (Å²) in [5, 5.41) is 0. The Kier molecular flexibility index (Phi) is 8.28. The molecule has 0 aliphatic carbocycles. The van der Waals surface area contributed by atoms with Crippen LogP contribution in [0.15, 0.2) is 206 Å². The molecule has 0 amide bonds. The van der Waals surface area contributed by atoms with Crippen molar-refractivity contribution in [1.82, 2.24) is 57.8 Å².